The van der Waals surface area contributed by atoms with Gasteiger partial charge in [0.05, 0.1) is 13.3 Å². The van der Waals surface area contributed by atoms with E-state index in [4.69, 9.17) is 16.3 Å². The van der Waals surface area contributed by atoms with Gasteiger partial charge in [0.15, 0.2) is 0 Å². The predicted octanol–water partition coefficient (Wildman–Crippen LogP) is 2.38. The third-order valence-electron chi connectivity index (χ3n) is 3.81. The number of halogens is 1. The third-order valence-corrected chi connectivity index (χ3v) is 5.90. The van der Waals surface area contributed by atoms with E-state index in [-0.39, 0.29) is 16.6 Å². The summed E-state index contributed by atoms with van der Waals surface area (Å²) in [6, 6.07) is 4.53. The summed E-state index contributed by atoms with van der Waals surface area (Å²) in [5, 5.41) is 7.37. The lowest BCUT2D eigenvalue weighted by atomic mass is 10.0. The molecule has 6 nitrogen and oxygen atoms in total. The van der Waals surface area contributed by atoms with Gasteiger partial charge in [0.2, 0.25) is 10.0 Å². The number of ether oxygens (including phenoxy) is 1. The maximum absolute atomic E-state index is 12.9. The first-order valence-electron chi connectivity index (χ1n) is 6.79. The van der Waals surface area contributed by atoms with Crippen molar-refractivity contribution in [2.45, 2.75) is 24.3 Å². The molecule has 1 aliphatic rings. The normalized spacial score (nSPS) is 19.0. The van der Waals surface area contributed by atoms with Crippen LogP contribution in [0.2, 0.25) is 5.02 Å². The number of nitrogens with one attached hydrogen (secondary N) is 1. The SMILES string of the molecule is COc1cc(Cl)ccc1S(=O)(=O)N1Cc2cn[nH]c2C(C)C1. The quantitative estimate of drug-likeness (QED) is 0.930. The van der Waals surface area contributed by atoms with Gasteiger partial charge in [-0.25, -0.2) is 8.42 Å². The van der Waals surface area contributed by atoms with Crippen molar-refractivity contribution < 1.29 is 13.2 Å². The minimum Gasteiger partial charge on any atom is -0.495 e. The molecular formula is C14H16ClN3O3S. The number of sulfonamides is 1. The summed E-state index contributed by atoms with van der Waals surface area (Å²) in [6.07, 6.45) is 1.67. The number of H-pyrrole nitrogens is 1. The van der Waals surface area contributed by atoms with Crippen LogP contribution in [-0.2, 0) is 16.6 Å². The van der Waals surface area contributed by atoms with Crippen molar-refractivity contribution in [1.82, 2.24) is 14.5 Å². The maximum Gasteiger partial charge on any atom is 0.247 e. The highest BCUT2D eigenvalue weighted by Crippen LogP contribution is 2.34. The van der Waals surface area contributed by atoms with E-state index < -0.39 is 10.0 Å². The lowest BCUT2D eigenvalue weighted by molar-refractivity contribution is 0.355. The van der Waals surface area contributed by atoms with E-state index in [1.807, 2.05) is 6.92 Å². The van der Waals surface area contributed by atoms with Crippen molar-refractivity contribution in [3.8, 4) is 5.75 Å². The Morgan fingerprint density at radius 3 is 2.95 bits per heavy atom. The fourth-order valence-corrected chi connectivity index (χ4v) is 4.51. The number of rotatable bonds is 3. The molecule has 0 amide bonds. The zero-order valence-corrected chi connectivity index (χ0v) is 13.8. The molecule has 1 atom stereocenters. The first-order valence-corrected chi connectivity index (χ1v) is 8.61. The lowest BCUT2D eigenvalue weighted by Crippen LogP contribution is -2.37. The number of aromatic nitrogens is 2. The maximum atomic E-state index is 12.9. The first kappa shape index (κ1) is 15.3. The number of fused-ring (bicyclic) bond motifs is 1. The van der Waals surface area contributed by atoms with Gasteiger partial charge in [-0.05, 0) is 12.1 Å². The zero-order valence-electron chi connectivity index (χ0n) is 12.2. The van der Waals surface area contributed by atoms with E-state index in [0.717, 1.165) is 11.3 Å². The molecule has 1 aromatic heterocycles. The molecule has 1 aromatic carbocycles. The molecule has 0 spiro atoms. The van der Waals surface area contributed by atoms with Crippen LogP contribution in [-0.4, -0.2) is 36.6 Å². The van der Waals surface area contributed by atoms with Crippen LogP contribution in [0.3, 0.4) is 0 Å². The second-order valence-corrected chi connectivity index (χ2v) is 7.65. The number of hydrogen-bond donors (Lipinski definition) is 1. The van der Waals surface area contributed by atoms with E-state index in [9.17, 15) is 8.42 Å². The van der Waals surface area contributed by atoms with E-state index in [1.54, 1.807) is 12.3 Å². The Hall–Kier alpha value is -1.57. The van der Waals surface area contributed by atoms with Crippen molar-refractivity contribution in [3.63, 3.8) is 0 Å². The van der Waals surface area contributed by atoms with Crippen molar-refractivity contribution in [2.75, 3.05) is 13.7 Å². The van der Waals surface area contributed by atoms with E-state index in [0.29, 0.717) is 18.1 Å². The van der Waals surface area contributed by atoms with Crippen molar-refractivity contribution >= 4 is 21.6 Å². The molecule has 2 heterocycles. The summed E-state index contributed by atoms with van der Waals surface area (Å²) in [5.41, 5.74) is 1.89. The van der Waals surface area contributed by atoms with Crippen molar-refractivity contribution in [3.05, 3.63) is 40.7 Å². The summed E-state index contributed by atoms with van der Waals surface area (Å²) in [5.74, 6) is 0.303. The highest BCUT2D eigenvalue weighted by molar-refractivity contribution is 7.89. The largest absolute Gasteiger partial charge is 0.495 e. The highest BCUT2D eigenvalue weighted by Gasteiger charge is 2.34. The molecule has 8 heteroatoms. The molecule has 22 heavy (non-hydrogen) atoms. The molecular weight excluding hydrogens is 326 g/mol. The second-order valence-electron chi connectivity index (χ2n) is 5.30. The number of nitrogens with zero attached hydrogens (tertiary/aromatic N) is 2. The van der Waals surface area contributed by atoms with Gasteiger partial charge < -0.3 is 4.74 Å². The first-order chi connectivity index (χ1) is 10.4. The van der Waals surface area contributed by atoms with Crippen LogP contribution in [0.25, 0.3) is 0 Å². The Morgan fingerprint density at radius 1 is 1.45 bits per heavy atom. The van der Waals surface area contributed by atoms with E-state index >= 15 is 0 Å². The number of hydrogen-bond acceptors (Lipinski definition) is 4. The molecule has 1 N–H and O–H groups in total. The standard InChI is InChI=1S/C14H16ClN3O3S/c1-9-7-18(8-10-6-16-17-14(9)10)22(19,20)13-4-3-11(15)5-12(13)21-2/h3-6,9H,7-8H2,1-2H3,(H,16,17). The van der Waals surface area contributed by atoms with Crippen molar-refractivity contribution in [2.24, 2.45) is 0 Å². The molecule has 0 saturated carbocycles. The van der Waals surface area contributed by atoms with Crippen LogP contribution in [0.15, 0.2) is 29.3 Å². The average molecular weight is 342 g/mol. The fourth-order valence-electron chi connectivity index (χ4n) is 2.70. The van der Waals surface area contributed by atoms with Gasteiger partial charge in [0.25, 0.3) is 0 Å². The van der Waals surface area contributed by atoms with Gasteiger partial charge in [-0.3, -0.25) is 5.10 Å². The Morgan fingerprint density at radius 2 is 2.23 bits per heavy atom. The van der Waals surface area contributed by atoms with Gasteiger partial charge in [0.1, 0.15) is 10.6 Å². The molecule has 1 unspecified atom stereocenters. The monoisotopic (exact) mass is 341 g/mol. The topological polar surface area (TPSA) is 75.3 Å². The van der Waals surface area contributed by atoms with Crippen LogP contribution < -0.4 is 4.74 Å². The van der Waals surface area contributed by atoms with Crippen LogP contribution in [0, 0.1) is 0 Å². The number of aromatic amines is 1. The number of benzene rings is 1. The predicted molar refractivity (Wildman–Crippen MR) is 82.6 cm³/mol. The molecule has 0 bridgehead atoms. The Labute approximate surface area is 134 Å². The van der Waals surface area contributed by atoms with Gasteiger partial charge in [-0.15, -0.1) is 0 Å². The van der Waals surface area contributed by atoms with Crippen LogP contribution >= 0.6 is 11.6 Å². The minimum absolute atomic E-state index is 0.0549. The lowest BCUT2D eigenvalue weighted by Gasteiger charge is -2.30. The zero-order chi connectivity index (χ0) is 15.9. The molecule has 0 radical (unpaired) electrons. The molecule has 118 valence electrons. The highest BCUT2D eigenvalue weighted by atomic mass is 35.5. The molecule has 0 saturated heterocycles. The van der Waals surface area contributed by atoms with E-state index in [2.05, 4.69) is 10.2 Å². The molecule has 0 fully saturated rings. The summed E-state index contributed by atoms with van der Waals surface area (Å²) >= 11 is 5.91. The molecule has 2 aromatic rings. The molecule has 0 aliphatic carbocycles. The Bertz CT molecular complexity index is 803. The number of methoxy groups -OCH3 is 1. The Kier molecular flexibility index (Phi) is 3.88. The van der Waals surface area contributed by atoms with Crippen LogP contribution in [0.1, 0.15) is 24.1 Å². The van der Waals surface area contributed by atoms with Crippen molar-refractivity contribution in [1.29, 1.82) is 0 Å². The van der Waals surface area contributed by atoms with Gasteiger partial charge in [-0.1, -0.05) is 18.5 Å². The second kappa shape index (κ2) is 5.57. The summed E-state index contributed by atoms with van der Waals surface area (Å²) in [6.45, 7) is 2.66. The molecule has 3 rings (SSSR count). The third kappa shape index (κ3) is 2.49. The Balaban J connectivity index is 2.01. The van der Waals surface area contributed by atoms with Crippen LogP contribution in [0.4, 0.5) is 0 Å². The fraction of sp³-hybridized carbons (Fsp3) is 0.357. The summed E-state index contributed by atoms with van der Waals surface area (Å²) in [7, 11) is -2.24. The average Bonchev–Trinajstić information content (AvgIpc) is 2.95. The van der Waals surface area contributed by atoms with Gasteiger partial charge >= 0.3 is 0 Å². The molecule has 1 aliphatic heterocycles. The smallest absolute Gasteiger partial charge is 0.247 e. The minimum atomic E-state index is -3.67. The summed E-state index contributed by atoms with van der Waals surface area (Å²) < 4.78 is 32.5. The van der Waals surface area contributed by atoms with Crippen LogP contribution in [0.5, 0.6) is 5.75 Å². The summed E-state index contributed by atoms with van der Waals surface area (Å²) in [4.78, 5) is 0.124. The van der Waals surface area contributed by atoms with Gasteiger partial charge in [-0.2, -0.15) is 9.40 Å². The van der Waals surface area contributed by atoms with E-state index in [1.165, 1.54) is 23.5 Å². The van der Waals surface area contributed by atoms with Gasteiger partial charge in [0, 0.05) is 41.4 Å².